The minimum absolute atomic E-state index is 0.00274. The van der Waals surface area contributed by atoms with Crippen LogP contribution in [0.1, 0.15) is 19.8 Å². The standard InChI is InChI=1S/C14H22Cl2O3/c1-10-4-2-3-5-13(10)14-18-9-12(19-14)8-17-11(6-15)7-16/h2-3,10-14H,4-9H2,1H3/t10-,12-,13+,14-/m1/s1. The van der Waals surface area contributed by atoms with Crippen LogP contribution in [0.4, 0.5) is 0 Å². The molecule has 0 bridgehead atoms. The van der Waals surface area contributed by atoms with E-state index in [1.54, 1.807) is 0 Å². The SMILES string of the molecule is C[C@@H]1CC=CC[C@@H]1[C@@H]1OC[C@@H](COC(CCl)CCl)O1. The van der Waals surface area contributed by atoms with Crippen LogP contribution in [-0.4, -0.2) is 43.5 Å². The van der Waals surface area contributed by atoms with Gasteiger partial charge >= 0.3 is 0 Å². The lowest BCUT2D eigenvalue weighted by molar-refractivity contribution is -0.119. The summed E-state index contributed by atoms with van der Waals surface area (Å²) < 4.78 is 17.3. The molecular weight excluding hydrogens is 287 g/mol. The van der Waals surface area contributed by atoms with E-state index in [-0.39, 0.29) is 18.5 Å². The number of rotatable bonds is 6. The lowest BCUT2D eigenvalue weighted by Crippen LogP contribution is -2.30. The fraction of sp³-hybridized carbons (Fsp3) is 0.857. The monoisotopic (exact) mass is 308 g/mol. The minimum atomic E-state index is -0.109. The average Bonchev–Trinajstić information content (AvgIpc) is 2.89. The van der Waals surface area contributed by atoms with E-state index in [2.05, 4.69) is 19.1 Å². The molecule has 1 heterocycles. The molecule has 0 saturated carbocycles. The van der Waals surface area contributed by atoms with E-state index < -0.39 is 0 Å². The average molecular weight is 309 g/mol. The maximum absolute atomic E-state index is 5.94. The molecule has 19 heavy (non-hydrogen) atoms. The van der Waals surface area contributed by atoms with E-state index in [1.165, 1.54) is 0 Å². The molecule has 0 unspecified atom stereocenters. The molecule has 3 nitrogen and oxygen atoms in total. The Bertz CT molecular complexity index is 294. The van der Waals surface area contributed by atoms with Gasteiger partial charge in [-0.3, -0.25) is 0 Å². The highest BCUT2D eigenvalue weighted by atomic mass is 35.5. The van der Waals surface area contributed by atoms with E-state index in [1.807, 2.05) is 0 Å². The second kappa shape index (κ2) is 7.84. The first-order valence-corrected chi connectivity index (χ1v) is 7.97. The maximum Gasteiger partial charge on any atom is 0.161 e. The first-order valence-electron chi connectivity index (χ1n) is 6.90. The van der Waals surface area contributed by atoms with Crippen LogP contribution in [0.2, 0.25) is 0 Å². The predicted octanol–water partition coefficient (Wildman–Crippen LogP) is 3.19. The zero-order valence-electron chi connectivity index (χ0n) is 11.3. The second-order valence-corrected chi connectivity index (χ2v) is 5.92. The summed E-state index contributed by atoms with van der Waals surface area (Å²) in [6, 6.07) is 0. The zero-order chi connectivity index (χ0) is 13.7. The van der Waals surface area contributed by atoms with Crippen molar-refractivity contribution >= 4 is 23.2 Å². The van der Waals surface area contributed by atoms with Crippen molar-refractivity contribution in [2.75, 3.05) is 25.0 Å². The normalized spacial score (nSPS) is 35.2. The van der Waals surface area contributed by atoms with Gasteiger partial charge in [0.25, 0.3) is 0 Å². The Balaban J connectivity index is 1.75. The van der Waals surface area contributed by atoms with Crippen LogP contribution in [-0.2, 0) is 14.2 Å². The summed E-state index contributed by atoms with van der Waals surface area (Å²) in [5, 5.41) is 0. The highest BCUT2D eigenvalue weighted by Gasteiger charge is 2.35. The maximum atomic E-state index is 5.94. The summed E-state index contributed by atoms with van der Waals surface area (Å²) in [6.07, 6.45) is 6.39. The smallest absolute Gasteiger partial charge is 0.161 e. The van der Waals surface area contributed by atoms with E-state index in [9.17, 15) is 0 Å². The van der Waals surface area contributed by atoms with E-state index in [0.717, 1.165) is 12.8 Å². The predicted molar refractivity (Wildman–Crippen MR) is 76.8 cm³/mol. The molecule has 2 rings (SSSR count). The van der Waals surface area contributed by atoms with Crippen molar-refractivity contribution in [2.24, 2.45) is 11.8 Å². The minimum Gasteiger partial charge on any atom is -0.373 e. The number of hydrogen-bond donors (Lipinski definition) is 0. The zero-order valence-corrected chi connectivity index (χ0v) is 12.8. The summed E-state index contributed by atoms with van der Waals surface area (Å²) in [6.45, 7) is 3.34. The third-order valence-electron chi connectivity index (χ3n) is 3.80. The second-order valence-electron chi connectivity index (χ2n) is 5.31. The summed E-state index contributed by atoms with van der Waals surface area (Å²) in [7, 11) is 0. The van der Waals surface area contributed by atoms with Crippen LogP contribution < -0.4 is 0 Å². The summed E-state index contributed by atoms with van der Waals surface area (Å²) in [4.78, 5) is 0. The Morgan fingerprint density at radius 1 is 1.26 bits per heavy atom. The van der Waals surface area contributed by atoms with Crippen LogP contribution in [0.5, 0.6) is 0 Å². The third-order valence-corrected chi connectivity index (χ3v) is 4.49. The lowest BCUT2D eigenvalue weighted by Gasteiger charge is -2.29. The summed E-state index contributed by atoms with van der Waals surface area (Å²) in [5.41, 5.74) is 0. The van der Waals surface area contributed by atoms with Crippen molar-refractivity contribution in [1.82, 2.24) is 0 Å². The molecule has 0 aromatic carbocycles. The molecular formula is C14H22Cl2O3. The van der Waals surface area contributed by atoms with Gasteiger partial charge in [0.1, 0.15) is 6.10 Å². The van der Waals surface area contributed by atoms with Crippen LogP contribution in [0.3, 0.4) is 0 Å². The third kappa shape index (κ3) is 4.33. The van der Waals surface area contributed by atoms with Gasteiger partial charge in [0.15, 0.2) is 6.29 Å². The highest BCUT2D eigenvalue weighted by molar-refractivity contribution is 6.21. The molecule has 1 aliphatic heterocycles. The molecule has 0 aromatic rings. The summed E-state index contributed by atoms with van der Waals surface area (Å²) >= 11 is 11.5. The largest absolute Gasteiger partial charge is 0.373 e. The van der Waals surface area contributed by atoms with Crippen LogP contribution in [0.15, 0.2) is 12.2 Å². The lowest BCUT2D eigenvalue weighted by atomic mass is 9.84. The Morgan fingerprint density at radius 2 is 2.00 bits per heavy atom. The van der Waals surface area contributed by atoms with E-state index in [0.29, 0.717) is 36.8 Å². The number of halogens is 2. The van der Waals surface area contributed by atoms with Crippen molar-refractivity contribution in [3.05, 3.63) is 12.2 Å². The van der Waals surface area contributed by atoms with Crippen LogP contribution in [0, 0.1) is 11.8 Å². The van der Waals surface area contributed by atoms with Crippen LogP contribution >= 0.6 is 23.2 Å². The Morgan fingerprint density at radius 3 is 2.68 bits per heavy atom. The summed E-state index contributed by atoms with van der Waals surface area (Å²) in [5.74, 6) is 1.87. The topological polar surface area (TPSA) is 27.7 Å². The first kappa shape index (κ1) is 15.6. The highest BCUT2D eigenvalue weighted by Crippen LogP contribution is 2.33. The van der Waals surface area contributed by atoms with Crippen molar-refractivity contribution < 1.29 is 14.2 Å². The van der Waals surface area contributed by atoms with Gasteiger partial charge in [0, 0.05) is 17.7 Å². The quantitative estimate of drug-likeness (QED) is 0.557. The number of alkyl halides is 2. The van der Waals surface area contributed by atoms with E-state index in [4.69, 9.17) is 37.4 Å². The first-order chi connectivity index (χ1) is 9.24. The molecule has 5 heteroatoms. The molecule has 0 N–H and O–H groups in total. The molecule has 0 amide bonds. The van der Waals surface area contributed by atoms with Gasteiger partial charge in [-0.15, -0.1) is 23.2 Å². The van der Waals surface area contributed by atoms with Gasteiger partial charge in [0.05, 0.1) is 19.3 Å². The van der Waals surface area contributed by atoms with Crippen LogP contribution in [0.25, 0.3) is 0 Å². The Hall–Kier alpha value is 0.200. The van der Waals surface area contributed by atoms with Crippen molar-refractivity contribution in [1.29, 1.82) is 0 Å². The molecule has 110 valence electrons. The van der Waals surface area contributed by atoms with Gasteiger partial charge in [-0.2, -0.15) is 0 Å². The van der Waals surface area contributed by atoms with Gasteiger partial charge in [0.2, 0.25) is 0 Å². The van der Waals surface area contributed by atoms with Gasteiger partial charge in [-0.05, 0) is 18.8 Å². The molecule has 1 aliphatic carbocycles. The molecule has 2 aliphatic rings. The number of ether oxygens (including phenoxy) is 3. The molecule has 0 spiro atoms. The molecule has 0 radical (unpaired) electrons. The van der Waals surface area contributed by atoms with Gasteiger partial charge < -0.3 is 14.2 Å². The van der Waals surface area contributed by atoms with Crippen molar-refractivity contribution in [3.8, 4) is 0 Å². The van der Waals surface area contributed by atoms with Gasteiger partial charge in [-0.1, -0.05) is 19.1 Å². The Kier molecular flexibility index (Phi) is 6.43. The molecule has 1 saturated heterocycles. The molecule has 1 fully saturated rings. The van der Waals surface area contributed by atoms with E-state index >= 15 is 0 Å². The number of hydrogen-bond acceptors (Lipinski definition) is 3. The molecule has 0 aromatic heterocycles. The van der Waals surface area contributed by atoms with Gasteiger partial charge in [-0.25, -0.2) is 0 Å². The fourth-order valence-electron chi connectivity index (χ4n) is 2.51. The van der Waals surface area contributed by atoms with Crippen molar-refractivity contribution in [3.63, 3.8) is 0 Å². The van der Waals surface area contributed by atoms with Crippen molar-refractivity contribution in [2.45, 2.75) is 38.3 Å². The molecule has 4 atom stereocenters. The fourth-order valence-corrected chi connectivity index (χ4v) is 3.01. The number of allylic oxidation sites excluding steroid dienone is 2. The Labute approximate surface area is 125 Å².